The van der Waals surface area contributed by atoms with Crippen molar-refractivity contribution >= 4 is 17.7 Å². The van der Waals surface area contributed by atoms with Crippen molar-refractivity contribution in [1.29, 1.82) is 0 Å². The summed E-state index contributed by atoms with van der Waals surface area (Å²) >= 11 is 1.50. The Labute approximate surface area is 186 Å². The summed E-state index contributed by atoms with van der Waals surface area (Å²) in [6.45, 7) is 7.62. The van der Waals surface area contributed by atoms with Crippen LogP contribution in [-0.2, 0) is 5.75 Å². The van der Waals surface area contributed by atoms with Crippen LogP contribution in [0.15, 0.2) is 51.9 Å². The third-order valence-electron chi connectivity index (χ3n) is 4.46. The molecule has 0 aliphatic heterocycles. The Morgan fingerprint density at radius 1 is 1.16 bits per heavy atom. The summed E-state index contributed by atoms with van der Waals surface area (Å²) in [6.07, 6.45) is 0.0437. The van der Waals surface area contributed by atoms with E-state index in [1.807, 2.05) is 63.2 Å². The summed E-state index contributed by atoms with van der Waals surface area (Å²) < 4.78 is 16.2. The number of carbonyl (C=O) groups excluding carboxylic acids is 1. The number of carbonyl (C=O) groups is 1. The number of methoxy groups -OCH3 is 1. The predicted octanol–water partition coefficient (Wildman–Crippen LogP) is 4.96. The van der Waals surface area contributed by atoms with Crippen molar-refractivity contribution in [3.8, 4) is 11.5 Å². The SMILES string of the molecule is COc1cc(C(C)NC(=O)c2ccccc2SCc2noc(C)n2)ccc1OC(C)C. The first-order valence-corrected chi connectivity index (χ1v) is 11.0. The van der Waals surface area contributed by atoms with E-state index in [9.17, 15) is 4.79 Å². The molecule has 2 aromatic carbocycles. The molecular formula is C23H27N3O4S. The first-order valence-electron chi connectivity index (χ1n) is 10.0. The molecule has 0 aliphatic rings. The molecule has 1 aromatic heterocycles. The van der Waals surface area contributed by atoms with Crippen molar-refractivity contribution in [3.63, 3.8) is 0 Å². The summed E-state index contributed by atoms with van der Waals surface area (Å²) in [6, 6.07) is 13.0. The zero-order valence-electron chi connectivity index (χ0n) is 18.3. The topological polar surface area (TPSA) is 86.5 Å². The molecule has 1 atom stereocenters. The minimum absolute atomic E-state index is 0.0437. The Balaban J connectivity index is 1.71. The first kappa shape index (κ1) is 22.7. The molecule has 7 nitrogen and oxygen atoms in total. The van der Waals surface area contributed by atoms with Crippen molar-refractivity contribution in [3.05, 3.63) is 65.3 Å². The second-order valence-corrected chi connectivity index (χ2v) is 8.30. The molecule has 164 valence electrons. The lowest BCUT2D eigenvalue weighted by Crippen LogP contribution is -2.27. The summed E-state index contributed by atoms with van der Waals surface area (Å²) in [5, 5.41) is 6.97. The van der Waals surface area contributed by atoms with Crippen LogP contribution in [0.3, 0.4) is 0 Å². The minimum Gasteiger partial charge on any atom is -0.493 e. The fourth-order valence-electron chi connectivity index (χ4n) is 2.98. The first-order chi connectivity index (χ1) is 14.9. The van der Waals surface area contributed by atoms with E-state index >= 15 is 0 Å². The molecule has 1 amide bonds. The highest BCUT2D eigenvalue weighted by molar-refractivity contribution is 7.98. The van der Waals surface area contributed by atoms with E-state index < -0.39 is 0 Å². The lowest BCUT2D eigenvalue weighted by Gasteiger charge is -2.19. The van der Waals surface area contributed by atoms with Gasteiger partial charge in [-0.2, -0.15) is 4.98 Å². The summed E-state index contributed by atoms with van der Waals surface area (Å²) in [5.41, 5.74) is 1.53. The van der Waals surface area contributed by atoms with E-state index in [1.54, 1.807) is 14.0 Å². The van der Waals surface area contributed by atoms with Gasteiger partial charge in [-0.1, -0.05) is 23.4 Å². The number of rotatable bonds is 9. The number of aryl methyl sites for hydroxylation is 1. The van der Waals surface area contributed by atoms with Gasteiger partial charge in [-0.05, 0) is 50.6 Å². The Morgan fingerprint density at radius 2 is 1.94 bits per heavy atom. The number of nitrogens with zero attached hydrogens (tertiary/aromatic N) is 2. The molecule has 0 bridgehead atoms. The van der Waals surface area contributed by atoms with Gasteiger partial charge >= 0.3 is 0 Å². The van der Waals surface area contributed by atoms with Crippen molar-refractivity contribution in [1.82, 2.24) is 15.5 Å². The number of hydrogen-bond acceptors (Lipinski definition) is 7. The maximum atomic E-state index is 13.0. The maximum absolute atomic E-state index is 13.0. The van der Waals surface area contributed by atoms with Crippen LogP contribution in [-0.4, -0.2) is 29.3 Å². The summed E-state index contributed by atoms with van der Waals surface area (Å²) in [7, 11) is 1.61. The van der Waals surface area contributed by atoms with Gasteiger partial charge < -0.3 is 19.3 Å². The molecule has 0 aliphatic carbocycles. The largest absolute Gasteiger partial charge is 0.493 e. The summed E-state index contributed by atoms with van der Waals surface area (Å²) in [4.78, 5) is 18.1. The molecule has 3 rings (SSSR count). The number of amides is 1. The van der Waals surface area contributed by atoms with E-state index in [-0.39, 0.29) is 18.1 Å². The van der Waals surface area contributed by atoms with Gasteiger partial charge in [0.2, 0.25) is 5.89 Å². The highest BCUT2D eigenvalue weighted by Gasteiger charge is 2.17. The predicted molar refractivity (Wildman–Crippen MR) is 120 cm³/mol. The highest BCUT2D eigenvalue weighted by Crippen LogP contribution is 2.31. The van der Waals surface area contributed by atoms with Crippen molar-refractivity contribution in [2.45, 2.75) is 50.5 Å². The van der Waals surface area contributed by atoms with E-state index in [0.717, 1.165) is 10.5 Å². The molecule has 0 saturated heterocycles. The molecule has 1 heterocycles. The molecule has 1 unspecified atom stereocenters. The van der Waals surface area contributed by atoms with Gasteiger partial charge in [-0.25, -0.2) is 0 Å². The lowest BCUT2D eigenvalue weighted by atomic mass is 10.1. The standard InChI is InChI=1S/C23H27N3O4S/c1-14(2)29-19-11-10-17(12-20(19)28-5)15(3)24-23(27)18-8-6-7-9-21(18)31-13-22-25-16(4)30-26-22/h6-12,14-15H,13H2,1-5H3,(H,24,27). The fraction of sp³-hybridized carbons (Fsp3) is 0.348. The van der Waals surface area contributed by atoms with Gasteiger partial charge in [0.05, 0.1) is 30.6 Å². The second kappa shape index (κ2) is 10.3. The molecular weight excluding hydrogens is 414 g/mol. The van der Waals surface area contributed by atoms with Crippen molar-refractivity contribution < 1.29 is 18.8 Å². The second-order valence-electron chi connectivity index (χ2n) is 7.29. The Hall–Kier alpha value is -3.00. The van der Waals surface area contributed by atoms with Gasteiger partial charge in [-0.15, -0.1) is 11.8 Å². The Morgan fingerprint density at radius 3 is 2.61 bits per heavy atom. The normalized spacial score (nSPS) is 11.9. The molecule has 0 spiro atoms. The third kappa shape index (κ3) is 6.01. The van der Waals surface area contributed by atoms with E-state index in [4.69, 9.17) is 14.0 Å². The fourth-order valence-corrected chi connectivity index (χ4v) is 3.88. The van der Waals surface area contributed by atoms with E-state index in [0.29, 0.717) is 34.5 Å². The molecule has 0 radical (unpaired) electrons. The van der Waals surface area contributed by atoms with Gasteiger partial charge in [0.1, 0.15) is 0 Å². The monoisotopic (exact) mass is 441 g/mol. The smallest absolute Gasteiger partial charge is 0.252 e. The van der Waals surface area contributed by atoms with Gasteiger partial charge in [0.25, 0.3) is 5.91 Å². The Kier molecular flexibility index (Phi) is 7.57. The lowest BCUT2D eigenvalue weighted by molar-refractivity contribution is 0.0937. The quantitative estimate of drug-likeness (QED) is 0.470. The van der Waals surface area contributed by atoms with E-state index in [2.05, 4.69) is 15.5 Å². The molecule has 8 heteroatoms. The number of nitrogens with one attached hydrogen (secondary N) is 1. The van der Waals surface area contributed by atoms with E-state index in [1.165, 1.54) is 11.8 Å². The van der Waals surface area contributed by atoms with Crippen LogP contribution in [0.1, 0.15) is 54.4 Å². The molecule has 1 N–H and O–H groups in total. The van der Waals surface area contributed by atoms with Crippen LogP contribution >= 0.6 is 11.8 Å². The average molecular weight is 442 g/mol. The number of ether oxygens (including phenoxy) is 2. The highest BCUT2D eigenvalue weighted by atomic mass is 32.2. The minimum atomic E-state index is -0.215. The van der Waals surface area contributed by atoms with Crippen molar-refractivity contribution in [2.24, 2.45) is 0 Å². The summed E-state index contributed by atoms with van der Waals surface area (Å²) in [5.74, 6) is 2.81. The van der Waals surface area contributed by atoms with Gasteiger partial charge in [0.15, 0.2) is 17.3 Å². The zero-order valence-corrected chi connectivity index (χ0v) is 19.2. The molecule has 31 heavy (non-hydrogen) atoms. The third-order valence-corrected chi connectivity index (χ3v) is 5.53. The van der Waals surface area contributed by atoms with Crippen LogP contribution in [0.2, 0.25) is 0 Å². The number of aromatic nitrogens is 2. The van der Waals surface area contributed by atoms with Crippen molar-refractivity contribution in [2.75, 3.05) is 7.11 Å². The zero-order chi connectivity index (χ0) is 22.4. The molecule has 0 saturated carbocycles. The Bertz CT molecular complexity index is 1040. The van der Waals surface area contributed by atoms with Gasteiger partial charge in [-0.3, -0.25) is 4.79 Å². The number of benzene rings is 2. The number of hydrogen-bond donors (Lipinski definition) is 1. The van der Waals surface area contributed by atoms with Crippen LogP contribution in [0.5, 0.6) is 11.5 Å². The van der Waals surface area contributed by atoms with Crippen LogP contribution in [0.4, 0.5) is 0 Å². The van der Waals surface area contributed by atoms with Crippen LogP contribution in [0.25, 0.3) is 0 Å². The average Bonchev–Trinajstić information content (AvgIpc) is 3.17. The van der Waals surface area contributed by atoms with Crippen LogP contribution < -0.4 is 14.8 Å². The van der Waals surface area contributed by atoms with Gasteiger partial charge in [0, 0.05) is 11.8 Å². The molecule has 3 aromatic rings. The number of thioether (sulfide) groups is 1. The maximum Gasteiger partial charge on any atom is 0.252 e. The van der Waals surface area contributed by atoms with Crippen LogP contribution in [0, 0.1) is 6.92 Å². The molecule has 0 fully saturated rings.